The van der Waals surface area contributed by atoms with Crippen LogP contribution in [0.25, 0.3) is 0 Å². The van der Waals surface area contributed by atoms with Gasteiger partial charge in [0.15, 0.2) is 0 Å². The fraction of sp³-hybridized carbons (Fsp3) is 0.696. The van der Waals surface area contributed by atoms with E-state index >= 15 is 0 Å². The first-order valence-corrected chi connectivity index (χ1v) is 13.8. The maximum absolute atomic E-state index is 13.2. The van der Waals surface area contributed by atoms with Crippen molar-refractivity contribution in [2.75, 3.05) is 25.6 Å². The van der Waals surface area contributed by atoms with E-state index in [1.165, 1.54) is 6.26 Å². The summed E-state index contributed by atoms with van der Waals surface area (Å²) in [5, 5.41) is 2.51. The second-order valence-electron chi connectivity index (χ2n) is 9.90. The summed E-state index contributed by atoms with van der Waals surface area (Å²) >= 11 is 0. The summed E-state index contributed by atoms with van der Waals surface area (Å²) in [4.78, 5) is 33.0. The number of halogens is 3. The molecule has 1 aliphatic carbocycles. The molecular weight excluding hydrogens is 485 g/mol. The predicted molar refractivity (Wildman–Crippen MR) is 124 cm³/mol. The Morgan fingerprint density at radius 3 is 2.54 bits per heavy atom. The summed E-state index contributed by atoms with van der Waals surface area (Å²) in [6.07, 6.45) is -1.11. The number of alkyl halides is 3. The zero-order valence-electron chi connectivity index (χ0n) is 20.4. The molecule has 1 N–H and O–H groups in total. The van der Waals surface area contributed by atoms with Crippen LogP contribution in [0.1, 0.15) is 55.7 Å². The molecule has 8 nitrogen and oxygen atoms in total. The van der Waals surface area contributed by atoms with E-state index in [1.807, 2.05) is 7.05 Å². The number of amides is 2. The van der Waals surface area contributed by atoms with Crippen LogP contribution in [0, 0.1) is 5.92 Å². The second-order valence-corrected chi connectivity index (χ2v) is 12.1. The first kappa shape index (κ1) is 27.4. The van der Waals surface area contributed by atoms with Crippen molar-refractivity contribution in [2.24, 2.45) is 5.92 Å². The highest BCUT2D eigenvalue weighted by molar-refractivity contribution is 7.90. The van der Waals surface area contributed by atoms with E-state index in [1.54, 1.807) is 4.90 Å². The van der Waals surface area contributed by atoms with Gasteiger partial charge < -0.3 is 15.1 Å². The zero-order chi connectivity index (χ0) is 26.1. The molecule has 2 heterocycles. The summed E-state index contributed by atoms with van der Waals surface area (Å²) in [7, 11) is -1.27. The standard InChI is InChI=1S/C23H33F3N4O4S/c1-14(2)29(3)16-8-9-19(15(12-16)13-35(4,33)34)30-11-10-18(22(30)32)28-21(31)17-6-5-7-20(27-17)23(24,25)26/h5-7,14-16,18-19H,8-13H2,1-4H3,(H,28,31)/t15-,16+,18?,19-/m0/s1. The number of pyridine rings is 1. The van der Waals surface area contributed by atoms with Crippen LogP contribution in [0.5, 0.6) is 0 Å². The van der Waals surface area contributed by atoms with Crippen molar-refractivity contribution in [3.05, 3.63) is 29.6 Å². The summed E-state index contributed by atoms with van der Waals surface area (Å²) in [5.41, 5.74) is -1.60. The van der Waals surface area contributed by atoms with Gasteiger partial charge in [0, 0.05) is 30.9 Å². The third-order valence-corrected chi connectivity index (χ3v) is 8.07. The molecule has 12 heteroatoms. The summed E-state index contributed by atoms with van der Waals surface area (Å²) < 4.78 is 63.1. The molecule has 0 aromatic carbocycles. The number of likely N-dealkylation sites (tertiary alicyclic amines) is 1. The van der Waals surface area contributed by atoms with E-state index in [2.05, 4.69) is 29.0 Å². The van der Waals surface area contributed by atoms with Gasteiger partial charge in [0.1, 0.15) is 27.3 Å². The van der Waals surface area contributed by atoms with Crippen LogP contribution in [0.3, 0.4) is 0 Å². The minimum absolute atomic E-state index is 0.0327. The first-order valence-electron chi connectivity index (χ1n) is 11.7. The number of nitrogens with zero attached hydrogens (tertiary/aromatic N) is 3. The topological polar surface area (TPSA) is 99.7 Å². The summed E-state index contributed by atoms with van der Waals surface area (Å²) in [6, 6.07) is 2.36. The molecule has 35 heavy (non-hydrogen) atoms. The van der Waals surface area contributed by atoms with Gasteiger partial charge in [-0.3, -0.25) is 9.59 Å². The summed E-state index contributed by atoms with van der Waals surface area (Å²) in [6.45, 7) is 4.50. The molecule has 2 amide bonds. The molecule has 3 rings (SSSR count). The Hall–Kier alpha value is -2.21. The average molecular weight is 519 g/mol. The number of hydrogen-bond acceptors (Lipinski definition) is 6. The van der Waals surface area contributed by atoms with E-state index in [4.69, 9.17) is 0 Å². The molecule has 1 unspecified atom stereocenters. The van der Waals surface area contributed by atoms with Crippen LogP contribution in [-0.2, 0) is 20.8 Å². The van der Waals surface area contributed by atoms with Crippen LogP contribution in [0.15, 0.2) is 18.2 Å². The van der Waals surface area contributed by atoms with Crippen LogP contribution >= 0.6 is 0 Å². The Morgan fingerprint density at radius 1 is 1.26 bits per heavy atom. The van der Waals surface area contributed by atoms with E-state index in [-0.39, 0.29) is 29.7 Å². The number of carbonyl (C=O) groups excluding carboxylic acids is 2. The minimum atomic E-state index is -4.69. The SMILES string of the molecule is CC(C)N(C)[C@@H]1CC[C@H](N2CCC(NC(=O)c3cccc(C(F)(F)F)n3)C2=O)[C@H](CS(C)(=O)=O)C1. The van der Waals surface area contributed by atoms with Crippen LogP contribution in [0.4, 0.5) is 13.2 Å². The number of rotatable bonds is 7. The van der Waals surface area contributed by atoms with Gasteiger partial charge in [-0.2, -0.15) is 13.2 Å². The second kappa shape index (κ2) is 10.4. The minimum Gasteiger partial charge on any atom is -0.339 e. The van der Waals surface area contributed by atoms with E-state index < -0.39 is 39.4 Å². The van der Waals surface area contributed by atoms with Gasteiger partial charge in [-0.15, -0.1) is 0 Å². The lowest BCUT2D eigenvalue weighted by Crippen LogP contribution is -2.53. The van der Waals surface area contributed by atoms with Crippen molar-refractivity contribution in [1.82, 2.24) is 20.1 Å². The molecule has 1 aliphatic heterocycles. The molecule has 1 aromatic rings. The lowest BCUT2D eigenvalue weighted by atomic mass is 9.81. The fourth-order valence-corrected chi connectivity index (χ4v) is 6.25. The molecule has 4 atom stereocenters. The Morgan fingerprint density at radius 2 is 1.94 bits per heavy atom. The molecule has 0 radical (unpaired) electrons. The lowest BCUT2D eigenvalue weighted by Gasteiger charge is -2.44. The van der Waals surface area contributed by atoms with Crippen molar-refractivity contribution in [2.45, 2.75) is 69.9 Å². The average Bonchev–Trinajstić information content (AvgIpc) is 3.11. The fourth-order valence-electron chi connectivity index (χ4n) is 5.11. The molecule has 0 bridgehead atoms. The Balaban J connectivity index is 1.72. The van der Waals surface area contributed by atoms with Crippen molar-refractivity contribution in [3.63, 3.8) is 0 Å². The molecule has 1 saturated heterocycles. The highest BCUT2D eigenvalue weighted by Crippen LogP contribution is 2.35. The van der Waals surface area contributed by atoms with Crippen molar-refractivity contribution in [3.8, 4) is 0 Å². The van der Waals surface area contributed by atoms with Gasteiger partial charge in [0.05, 0.1) is 5.75 Å². The number of carbonyl (C=O) groups is 2. The van der Waals surface area contributed by atoms with E-state index in [0.29, 0.717) is 31.8 Å². The number of hydrogen-bond donors (Lipinski definition) is 1. The molecule has 1 aromatic heterocycles. The normalized spacial score (nSPS) is 26.0. The summed E-state index contributed by atoms with van der Waals surface area (Å²) in [5.74, 6) is -1.47. The Labute approximate surface area is 204 Å². The third kappa shape index (κ3) is 6.72. The van der Waals surface area contributed by atoms with Gasteiger partial charge in [-0.25, -0.2) is 13.4 Å². The van der Waals surface area contributed by atoms with Crippen LogP contribution < -0.4 is 5.32 Å². The molecule has 2 fully saturated rings. The molecular formula is C23H33F3N4O4S. The molecule has 0 spiro atoms. The number of nitrogens with one attached hydrogen (secondary N) is 1. The van der Waals surface area contributed by atoms with Gasteiger partial charge in [0.2, 0.25) is 5.91 Å². The quantitative estimate of drug-likeness (QED) is 0.595. The first-order chi connectivity index (χ1) is 16.2. The molecule has 196 valence electrons. The monoisotopic (exact) mass is 518 g/mol. The molecule has 2 aliphatic rings. The Kier molecular flexibility index (Phi) is 8.15. The van der Waals surface area contributed by atoms with Crippen molar-refractivity contribution < 1.29 is 31.2 Å². The van der Waals surface area contributed by atoms with Gasteiger partial charge in [-0.05, 0) is 64.6 Å². The maximum Gasteiger partial charge on any atom is 0.433 e. The van der Waals surface area contributed by atoms with Gasteiger partial charge >= 0.3 is 6.18 Å². The zero-order valence-corrected chi connectivity index (χ0v) is 21.2. The van der Waals surface area contributed by atoms with Crippen LogP contribution in [0.2, 0.25) is 0 Å². The van der Waals surface area contributed by atoms with E-state index in [0.717, 1.165) is 24.6 Å². The maximum atomic E-state index is 13.2. The van der Waals surface area contributed by atoms with Gasteiger partial charge in [0.25, 0.3) is 5.91 Å². The third-order valence-electron chi connectivity index (χ3n) is 7.04. The number of aromatic nitrogens is 1. The van der Waals surface area contributed by atoms with Crippen molar-refractivity contribution in [1.29, 1.82) is 0 Å². The largest absolute Gasteiger partial charge is 0.433 e. The van der Waals surface area contributed by atoms with E-state index in [9.17, 15) is 31.2 Å². The smallest absolute Gasteiger partial charge is 0.339 e. The van der Waals surface area contributed by atoms with Crippen LogP contribution in [-0.4, -0.2) is 84.8 Å². The van der Waals surface area contributed by atoms with Gasteiger partial charge in [-0.1, -0.05) is 6.07 Å². The van der Waals surface area contributed by atoms with Crippen molar-refractivity contribution >= 4 is 21.7 Å². The predicted octanol–water partition coefficient (Wildman–Crippen LogP) is 2.35. The Bertz CT molecular complexity index is 1050. The highest BCUT2D eigenvalue weighted by atomic mass is 32.2. The highest BCUT2D eigenvalue weighted by Gasteiger charge is 2.44. The number of sulfone groups is 1. The molecule has 1 saturated carbocycles. The lowest BCUT2D eigenvalue weighted by molar-refractivity contribution is -0.141.